The van der Waals surface area contributed by atoms with Crippen LogP contribution in [0, 0.1) is 0 Å². The van der Waals surface area contributed by atoms with Crippen molar-refractivity contribution in [2.24, 2.45) is 4.99 Å². The number of carbonyl (C=O) groups is 1. The number of aliphatic imine (C=N–C) groups is 1. The third kappa shape index (κ3) is 9.09. The SMILES string of the molecule is CCNC(=NCCCN1CCCC1=O)NCCOc1cccc(C(F)(F)F)c1.I. The molecule has 0 aliphatic carbocycles. The fourth-order valence-electron chi connectivity index (χ4n) is 2.84. The second-order valence-electron chi connectivity index (χ2n) is 6.40. The minimum atomic E-state index is -4.39. The summed E-state index contributed by atoms with van der Waals surface area (Å²) in [6.07, 6.45) is -2.04. The number of carbonyl (C=O) groups excluding carboxylic acids is 1. The highest BCUT2D eigenvalue weighted by Crippen LogP contribution is 2.31. The zero-order chi connectivity index (χ0) is 20.4. The van der Waals surface area contributed by atoms with Crippen LogP contribution in [0.4, 0.5) is 13.2 Å². The predicted octanol–water partition coefficient (Wildman–Crippen LogP) is 3.27. The lowest BCUT2D eigenvalue weighted by Crippen LogP contribution is -2.39. The molecule has 164 valence electrons. The van der Waals surface area contributed by atoms with E-state index in [-0.39, 0.29) is 42.2 Å². The summed E-state index contributed by atoms with van der Waals surface area (Å²) >= 11 is 0. The Bertz CT molecular complexity index is 671. The Labute approximate surface area is 186 Å². The fraction of sp³-hybridized carbons (Fsp3) is 0.579. The lowest BCUT2D eigenvalue weighted by molar-refractivity contribution is -0.137. The lowest BCUT2D eigenvalue weighted by Gasteiger charge is -2.15. The van der Waals surface area contributed by atoms with E-state index < -0.39 is 11.7 Å². The third-order valence-corrected chi connectivity index (χ3v) is 4.20. The van der Waals surface area contributed by atoms with Gasteiger partial charge < -0.3 is 20.3 Å². The van der Waals surface area contributed by atoms with Crippen molar-refractivity contribution < 1.29 is 22.7 Å². The third-order valence-electron chi connectivity index (χ3n) is 4.20. The van der Waals surface area contributed by atoms with Gasteiger partial charge in [-0.15, -0.1) is 24.0 Å². The molecule has 10 heteroatoms. The summed E-state index contributed by atoms with van der Waals surface area (Å²) < 4.78 is 43.5. The van der Waals surface area contributed by atoms with Crippen molar-refractivity contribution in [1.82, 2.24) is 15.5 Å². The normalized spacial score (nSPS) is 14.6. The molecule has 0 unspecified atom stereocenters. The van der Waals surface area contributed by atoms with Crippen molar-refractivity contribution in [3.8, 4) is 5.75 Å². The standard InChI is InChI=1S/C19H27F3N4O2.HI/c1-2-23-18(24-9-5-12-26-11-4-8-17(26)27)25-10-13-28-16-7-3-6-15(14-16)19(20,21)22;/h3,6-7,14H,2,4-5,8-13H2,1H3,(H2,23,24,25);1H. The van der Waals surface area contributed by atoms with E-state index in [1.807, 2.05) is 11.8 Å². The summed E-state index contributed by atoms with van der Waals surface area (Å²) in [6.45, 7) is 5.34. The van der Waals surface area contributed by atoms with E-state index in [0.717, 1.165) is 31.5 Å². The molecule has 1 aromatic carbocycles. The molecule has 1 aliphatic heterocycles. The van der Waals surface area contributed by atoms with Gasteiger partial charge in [0.05, 0.1) is 12.1 Å². The number of ether oxygens (including phenoxy) is 1. The predicted molar refractivity (Wildman–Crippen MR) is 117 cm³/mol. The Morgan fingerprint density at radius 3 is 2.76 bits per heavy atom. The van der Waals surface area contributed by atoms with Crippen LogP contribution < -0.4 is 15.4 Å². The van der Waals surface area contributed by atoms with Crippen molar-refractivity contribution >= 4 is 35.8 Å². The maximum absolute atomic E-state index is 12.7. The van der Waals surface area contributed by atoms with Crippen LogP contribution >= 0.6 is 24.0 Å². The average Bonchev–Trinajstić information content (AvgIpc) is 3.06. The molecule has 0 bridgehead atoms. The summed E-state index contributed by atoms with van der Waals surface area (Å²) in [5.74, 6) is 0.998. The van der Waals surface area contributed by atoms with E-state index in [2.05, 4.69) is 15.6 Å². The molecule has 6 nitrogen and oxygen atoms in total. The van der Waals surface area contributed by atoms with E-state index in [0.29, 0.717) is 38.6 Å². The first-order chi connectivity index (χ1) is 13.4. The number of guanidine groups is 1. The summed E-state index contributed by atoms with van der Waals surface area (Å²) in [6, 6.07) is 4.81. The number of halogens is 4. The number of alkyl halides is 3. The Hall–Kier alpha value is -1.72. The Morgan fingerprint density at radius 1 is 1.31 bits per heavy atom. The molecule has 1 saturated heterocycles. The molecule has 0 atom stereocenters. The highest BCUT2D eigenvalue weighted by Gasteiger charge is 2.30. The number of amides is 1. The molecule has 0 aromatic heterocycles. The van der Waals surface area contributed by atoms with Gasteiger partial charge in [0, 0.05) is 32.6 Å². The number of nitrogens with one attached hydrogen (secondary N) is 2. The van der Waals surface area contributed by atoms with Crippen LogP contribution in [0.2, 0.25) is 0 Å². The van der Waals surface area contributed by atoms with Gasteiger partial charge in [-0.25, -0.2) is 0 Å². The van der Waals surface area contributed by atoms with Crippen LogP contribution in [0.5, 0.6) is 5.75 Å². The maximum atomic E-state index is 12.7. The van der Waals surface area contributed by atoms with Gasteiger partial charge in [0.15, 0.2) is 5.96 Å². The zero-order valence-electron chi connectivity index (χ0n) is 16.4. The highest BCUT2D eigenvalue weighted by atomic mass is 127. The first-order valence-corrected chi connectivity index (χ1v) is 9.50. The largest absolute Gasteiger partial charge is 0.492 e. The molecular formula is C19H28F3IN4O2. The molecule has 2 N–H and O–H groups in total. The molecular weight excluding hydrogens is 500 g/mol. The van der Waals surface area contributed by atoms with Crippen LogP contribution in [0.25, 0.3) is 0 Å². The second-order valence-corrected chi connectivity index (χ2v) is 6.40. The van der Waals surface area contributed by atoms with Gasteiger partial charge in [-0.1, -0.05) is 6.07 Å². The molecule has 2 rings (SSSR count). The fourth-order valence-corrected chi connectivity index (χ4v) is 2.84. The van der Waals surface area contributed by atoms with Crippen molar-refractivity contribution in [3.05, 3.63) is 29.8 Å². The van der Waals surface area contributed by atoms with Crippen molar-refractivity contribution in [1.29, 1.82) is 0 Å². The average molecular weight is 528 g/mol. The minimum Gasteiger partial charge on any atom is -0.492 e. The Balaban J connectivity index is 0.00000420. The van der Waals surface area contributed by atoms with E-state index in [1.54, 1.807) is 0 Å². The molecule has 29 heavy (non-hydrogen) atoms. The van der Waals surface area contributed by atoms with E-state index in [1.165, 1.54) is 12.1 Å². The molecule has 0 spiro atoms. The van der Waals surface area contributed by atoms with Crippen molar-refractivity contribution in [3.63, 3.8) is 0 Å². The second kappa shape index (κ2) is 12.8. The Morgan fingerprint density at radius 2 is 2.10 bits per heavy atom. The lowest BCUT2D eigenvalue weighted by atomic mass is 10.2. The maximum Gasteiger partial charge on any atom is 0.416 e. The first kappa shape index (κ1) is 25.3. The van der Waals surface area contributed by atoms with Gasteiger partial charge >= 0.3 is 6.18 Å². The topological polar surface area (TPSA) is 66.0 Å². The van der Waals surface area contributed by atoms with Crippen LogP contribution in [0.3, 0.4) is 0 Å². The van der Waals surface area contributed by atoms with Gasteiger partial charge in [-0.2, -0.15) is 13.2 Å². The highest BCUT2D eigenvalue weighted by molar-refractivity contribution is 14.0. The smallest absolute Gasteiger partial charge is 0.416 e. The molecule has 0 saturated carbocycles. The first-order valence-electron chi connectivity index (χ1n) is 9.50. The molecule has 1 aliphatic rings. The van der Waals surface area contributed by atoms with Gasteiger partial charge in [0.2, 0.25) is 5.91 Å². The summed E-state index contributed by atoms with van der Waals surface area (Å²) in [5.41, 5.74) is -0.732. The van der Waals surface area contributed by atoms with Crippen LogP contribution in [0.1, 0.15) is 31.7 Å². The minimum absolute atomic E-state index is 0. The number of hydrogen-bond donors (Lipinski definition) is 2. The van der Waals surface area contributed by atoms with Crippen LogP contribution in [-0.4, -0.2) is 56.1 Å². The van der Waals surface area contributed by atoms with Gasteiger partial charge in [0.1, 0.15) is 12.4 Å². The number of likely N-dealkylation sites (tertiary alicyclic amines) is 1. The number of benzene rings is 1. The van der Waals surface area contributed by atoms with E-state index >= 15 is 0 Å². The van der Waals surface area contributed by atoms with Crippen LogP contribution in [-0.2, 0) is 11.0 Å². The summed E-state index contributed by atoms with van der Waals surface area (Å²) in [5, 5.41) is 6.19. The molecule has 1 heterocycles. The van der Waals surface area contributed by atoms with E-state index in [9.17, 15) is 18.0 Å². The number of nitrogens with zero attached hydrogens (tertiary/aromatic N) is 2. The van der Waals surface area contributed by atoms with Gasteiger partial charge in [-0.05, 0) is 38.0 Å². The van der Waals surface area contributed by atoms with Crippen molar-refractivity contribution in [2.75, 3.05) is 39.3 Å². The molecule has 1 fully saturated rings. The molecule has 1 aromatic rings. The van der Waals surface area contributed by atoms with E-state index in [4.69, 9.17) is 4.74 Å². The quantitative estimate of drug-likeness (QED) is 0.224. The molecule has 0 radical (unpaired) electrons. The number of rotatable bonds is 9. The Kier molecular flexibility index (Phi) is 11.1. The van der Waals surface area contributed by atoms with Gasteiger partial charge in [0.25, 0.3) is 0 Å². The van der Waals surface area contributed by atoms with Crippen molar-refractivity contribution in [2.45, 2.75) is 32.4 Å². The zero-order valence-corrected chi connectivity index (χ0v) is 18.8. The monoisotopic (exact) mass is 528 g/mol. The van der Waals surface area contributed by atoms with Crippen LogP contribution in [0.15, 0.2) is 29.3 Å². The summed E-state index contributed by atoms with van der Waals surface area (Å²) in [7, 11) is 0. The van der Waals surface area contributed by atoms with Gasteiger partial charge in [-0.3, -0.25) is 9.79 Å². The number of hydrogen-bond acceptors (Lipinski definition) is 3. The summed E-state index contributed by atoms with van der Waals surface area (Å²) in [4.78, 5) is 17.9. The molecule has 1 amide bonds.